The molecule has 0 saturated carbocycles. The molecule has 1 fully saturated rings. The number of sulfonamides is 1. The number of rotatable bonds is 5. The van der Waals surface area contributed by atoms with Gasteiger partial charge in [-0.1, -0.05) is 12.1 Å². The summed E-state index contributed by atoms with van der Waals surface area (Å²) in [7, 11) is -3.74. The summed E-state index contributed by atoms with van der Waals surface area (Å²) in [6.07, 6.45) is 2.90. The molecule has 0 bridgehead atoms. The summed E-state index contributed by atoms with van der Waals surface area (Å²) in [6.45, 7) is 0.542. The zero-order valence-electron chi connectivity index (χ0n) is 15.7. The van der Waals surface area contributed by atoms with E-state index in [1.54, 1.807) is 23.9 Å². The first-order valence-electron chi connectivity index (χ1n) is 9.15. The largest absolute Gasteiger partial charge is 0.326 e. The Morgan fingerprint density at radius 1 is 1.17 bits per heavy atom. The fraction of sp³-hybridized carbons (Fsp3) is 0.316. The van der Waals surface area contributed by atoms with Crippen LogP contribution in [0, 0.1) is 5.92 Å². The zero-order chi connectivity index (χ0) is 20.4. The minimum atomic E-state index is -3.74. The number of nitrogens with one attached hydrogen (secondary N) is 1. The van der Waals surface area contributed by atoms with Gasteiger partial charge in [-0.25, -0.2) is 13.0 Å². The number of carbonyl (C=O) groups excluding carboxylic acids is 1. The summed E-state index contributed by atoms with van der Waals surface area (Å²) in [5.74, 6) is -0.313. The third-order valence-corrected chi connectivity index (χ3v) is 7.68. The van der Waals surface area contributed by atoms with Gasteiger partial charge in [-0.2, -0.15) is 4.31 Å². The van der Waals surface area contributed by atoms with Crippen molar-refractivity contribution in [1.82, 2.24) is 14.6 Å². The average molecular weight is 433 g/mol. The number of amides is 1. The lowest BCUT2D eigenvalue weighted by Crippen LogP contribution is -2.41. The Morgan fingerprint density at radius 2 is 1.93 bits per heavy atom. The van der Waals surface area contributed by atoms with Crippen LogP contribution in [0.15, 0.2) is 56.9 Å². The number of hydrogen-bond acceptors (Lipinski definition) is 7. The molecule has 3 aromatic rings. The molecule has 2 heterocycles. The summed E-state index contributed by atoms with van der Waals surface area (Å²) in [5.41, 5.74) is 1.37. The van der Waals surface area contributed by atoms with Gasteiger partial charge in [0, 0.05) is 29.6 Å². The highest BCUT2D eigenvalue weighted by molar-refractivity contribution is 7.98. The van der Waals surface area contributed by atoms with Gasteiger partial charge in [0.15, 0.2) is 5.52 Å². The van der Waals surface area contributed by atoms with Crippen molar-refractivity contribution in [2.75, 3.05) is 24.7 Å². The second kappa shape index (κ2) is 8.13. The van der Waals surface area contributed by atoms with E-state index in [0.717, 1.165) is 10.6 Å². The van der Waals surface area contributed by atoms with E-state index in [4.69, 9.17) is 0 Å². The van der Waals surface area contributed by atoms with Crippen molar-refractivity contribution in [1.29, 1.82) is 0 Å². The SMILES string of the molecule is CSc1cccc(NC(=O)C2CCN(S(=O)(=O)c3cccc4nonc34)CC2)c1. The summed E-state index contributed by atoms with van der Waals surface area (Å²) in [4.78, 5) is 13.8. The van der Waals surface area contributed by atoms with Crippen LogP contribution in [0.4, 0.5) is 5.69 Å². The normalized spacial score (nSPS) is 16.2. The first-order valence-corrected chi connectivity index (χ1v) is 11.8. The summed E-state index contributed by atoms with van der Waals surface area (Å²) in [5, 5.41) is 10.4. The molecule has 0 aliphatic carbocycles. The molecule has 8 nitrogen and oxygen atoms in total. The van der Waals surface area contributed by atoms with Crippen molar-refractivity contribution >= 4 is 44.4 Å². The molecular formula is C19H20N4O4S2. The molecule has 152 valence electrons. The molecule has 2 aromatic carbocycles. The van der Waals surface area contributed by atoms with Crippen LogP contribution in [0.2, 0.25) is 0 Å². The molecule has 1 aromatic heterocycles. The maximum absolute atomic E-state index is 13.1. The summed E-state index contributed by atoms with van der Waals surface area (Å²) in [6, 6.07) is 12.4. The van der Waals surface area contributed by atoms with Crippen LogP contribution < -0.4 is 5.32 Å². The third-order valence-electron chi connectivity index (χ3n) is 5.03. The van der Waals surface area contributed by atoms with E-state index >= 15 is 0 Å². The zero-order valence-corrected chi connectivity index (χ0v) is 17.4. The van der Waals surface area contributed by atoms with E-state index in [9.17, 15) is 13.2 Å². The monoisotopic (exact) mass is 432 g/mol. The van der Waals surface area contributed by atoms with Crippen molar-refractivity contribution in [3.05, 3.63) is 42.5 Å². The van der Waals surface area contributed by atoms with E-state index in [2.05, 4.69) is 20.3 Å². The molecule has 1 amide bonds. The van der Waals surface area contributed by atoms with Crippen LogP contribution in [0.3, 0.4) is 0 Å². The smallest absolute Gasteiger partial charge is 0.245 e. The van der Waals surface area contributed by atoms with E-state index in [1.165, 1.54) is 10.4 Å². The number of hydrogen-bond donors (Lipinski definition) is 1. The average Bonchev–Trinajstić information content (AvgIpc) is 3.22. The van der Waals surface area contributed by atoms with E-state index in [-0.39, 0.29) is 35.3 Å². The number of nitrogens with zero attached hydrogens (tertiary/aromatic N) is 3. The third kappa shape index (κ3) is 4.00. The van der Waals surface area contributed by atoms with Crippen LogP contribution in [-0.4, -0.2) is 48.3 Å². The Morgan fingerprint density at radius 3 is 2.69 bits per heavy atom. The van der Waals surface area contributed by atoms with Gasteiger partial charge in [0.1, 0.15) is 10.4 Å². The molecule has 1 aliphatic heterocycles. The first-order chi connectivity index (χ1) is 14.0. The minimum Gasteiger partial charge on any atom is -0.326 e. The number of piperidine rings is 1. The fourth-order valence-corrected chi connectivity index (χ4v) is 5.50. The molecule has 4 rings (SSSR count). The molecule has 0 spiro atoms. The second-order valence-corrected chi connectivity index (χ2v) is 9.57. The first kappa shape index (κ1) is 19.9. The second-order valence-electron chi connectivity index (χ2n) is 6.79. The molecule has 10 heteroatoms. The van der Waals surface area contributed by atoms with Crippen LogP contribution >= 0.6 is 11.8 Å². The molecule has 29 heavy (non-hydrogen) atoms. The summed E-state index contributed by atoms with van der Waals surface area (Å²) >= 11 is 1.61. The fourth-order valence-electron chi connectivity index (χ4n) is 3.43. The Balaban J connectivity index is 1.43. The Kier molecular flexibility index (Phi) is 5.57. The highest BCUT2D eigenvalue weighted by Crippen LogP contribution is 2.28. The van der Waals surface area contributed by atoms with Crippen molar-refractivity contribution in [3.63, 3.8) is 0 Å². The highest BCUT2D eigenvalue weighted by Gasteiger charge is 2.33. The lowest BCUT2D eigenvalue weighted by atomic mass is 9.97. The predicted molar refractivity (Wildman–Crippen MR) is 110 cm³/mol. The van der Waals surface area contributed by atoms with Gasteiger partial charge in [-0.3, -0.25) is 4.79 Å². The van der Waals surface area contributed by atoms with Crippen molar-refractivity contribution < 1.29 is 17.8 Å². The van der Waals surface area contributed by atoms with Gasteiger partial charge in [-0.15, -0.1) is 11.8 Å². The number of anilines is 1. The van der Waals surface area contributed by atoms with Crippen molar-refractivity contribution in [3.8, 4) is 0 Å². The quantitative estimate of drug-likeness (QED) is 0.618. The minimum absolute atomic E-state index is 0.0769. The topological polar surface area (TPSA) is 105 Å². The van der Waals surface area contributed by atoms with Crippen molar-refractivity contribution in [2.24, 2.45) is 5.92 Å². The molecule has 0 radical (unpaired) electrons. The van der Waals surface area contributed by atoms with Crippen LogP contribution in [0.5, 0.6) is 0 Å². The lowest BCUT2D eigenvalue weighted by molar-refractivity contribution is -0.120. The number of thioether (sulfide) groups is 1. The Bertz CT molecular complexity index is 1140. The molecule has 1 aliphatic rings. The predicted octanol–water partition coefficient (Wildman–Crippen LogP) is 2.98. The van der Waals surface area contributed by atoms with Gasteiger partial charge in [0.2, 0.25) is 15.9 Å². The Hall–Kier alpha value is -2.43. The highest BCUT2D eigenvalue weighted by atomic mass is 32.2. The number of benzene rings is 2. The molecule has 0 atom stereocenters. The number of fused-ring (bicyclic) bond motifs is 1. The van der Waals surface area contributed by atoms with Gasteiger partial charge in [-0.05, 0) is 59.7 Å². The van der Waals surface area contributed by atoms with Crippen molar-refractivity contribution in [2.45, 2.75) is 22.6 Å². The number of aromatic nitrogens is 2. The van der Waals surface area contributed by atoms with Gasteiger partial charge < -0.3 is 5.32 Å². The lowest BCUT2D eigenvalue weighted by Gasteiger charge is -2.30. The van der Waals surface area contributed by atoms with E-state index in [1.807, 2.05) is 30.5 Å². The standard InChI is InChI=1S/C19H20N4O4S2/c1-28-15-5-2-4-14(12-15)20-19(24)13-8-10-23(11-9-13)29(25,26)17-7-3-6-16-18(17)22-27-21-16/h2-7,12-13H,8-11H2,1H3,(H,20,24). The van der Waals surface area contributed by atoms with E-state index in [0.29, 0.717) is 18.4 Å². The molecule has 1 saturated heterocycles. The maximum Gasteiger partial charge on any atom is 0.245 e. The van der Waals surface area contributed by atoms with Crippen LogP contribution in [0.1, 0.15) is 12.8 Å². The molecule has 1 N–H and O–H groups in total. The van der Waals surface area contributed by atoms with Gasteiger partial charge >= 0.3 is 0 Å². The summed E-state index contributed by atoms with van der Waals surface area (Å²) < 4.78 is 32.2. The van der Waals surface area contributed by atoms with E-state index < -0.39 is 10.0 Å². The molecule has 0 unspecified atom stereocenters. The Labute approximate surface area is 172 Å². The molecular weight excluding hydrogens is 412 g/mol. The maximum atomic E-state index is 13.1. The number of carbonyl (C=O) groups is 1. The van der Waals surface area contributed by atoms with Crippen LogP contribution in [-0.2, 0) is 14.8 Å². The van der Waals surface area contributed by atoms with Gasteiger partial charge in [0.25, 0.3) is 0 Å². The van der Waals surface area contributed by atoms with Gasteiger partial charge in [0.05, 0.1) is 0 Å². The van der Waals surface area contributed by atoms with Crippen LogP contribution in [0.25, 0.3) is 11.0 Å².